The molecule has 0 aliphatic rings. The van der Waals surface area contributed by atoms with Gasteiger partial charge in [0.25, 0.3) is 0 Å². The van der Waals surface area contributed by atoms with Gasteiger partial charge in [0, 0.05) is 24.0 Å². The third-order valence-corrected chi connectivity index (χ3v) is 2.85. The lowest BCUT2D eigenvalue weighted by Gasteiger charge is -2.23. The minimum absolute atomic E-state index is 0.611. The first-order valence-corrected chi connectivity index (χ1v) is 6.00. The molecule has 0 amide bonds. The third-order valence-electron chi connectivity index (χ3n) is 2.85. The first-order chi connectivity index (χ1) is 8.76. The maximum atomic E-state index is 10.7. The second-order valence-corrected chi connectivity index (χ2v) is 4.11. The Bertz CT molecular complexity index is 537. The summed E-state index contributed by atoms with van der Waals surface area (Å²) in [5.74, 6) is 0.898. The summed E-state index contributed by atoms with van der Waals surface area (Å²) in [5, 5.41) is 0. The summed E-state index contributed by atoms with van der Waals surface area (Å²) in [6, 6.07) is 12.0. The molecule has 0 unspecified atom stereocenters. The van der Waals surface area contributed by atoms with Gasteiger partial charge in [-0.15, -0.1) is 0 Å². The van der Waals surface area contributed by atoms with Crippen LogP contribution in [-0.2, 0) is 0 Å². The standard InChI is InChI=1S/C15H16N2O/c1-3-17(14-7-5-4-6-8-14)15-12(2)9-13(11-18)10-16-15/h4-11H,3H2,1-2H3. The molecule has 0 N–H and O–H groups in total. The van der Waals surface area contributed by atoms with Crippen LogP contribution < -0.4 is 4.90 Å². The van der Waals surface area contributed by atoms with Gasteiger partial charge in [0.2, 0.25) is 0 Å². The molecule has 1 aromatic heterocycles. The molecule has 2 aromatic rings. The fourth-order valence-electron chi connectivity index (χ4n) is 2.00. The zero-order valence-electron chi connectivity index (χ0n) is 10.6. The number of nitrogens with zero attached hydrogens (tertiary/aromatic N) is 2. The van der Waals surface area contributed by atoms with Gasteiger partial charge in [0.1, 0.15) is 5.82 Å². The van der Waals surface area contributed by atoms with E-state index in [1.807, 2.05) is 31.2 Å². The van der Waals surface area contributed by atoms with Gasteiger partial charge in [-0.05, 0) is 37.6 Å². The van der Waals surface area contributed by atoms with Gasteiger partial charge in [-0.1, -0.05) is 18.2 Å². The van der Waals surface area contributed by atoms with Gasteiger partial charge in [-0.3, -0.25) is 4.79 Å². The number of hydrogen-bond acceptors (Lipinski definition) is 3. The largest absolute Gasteiger partial charge is 0.326 e. The molecule has 2 rings (SSSR count). The average molecular weight is 240 g/mol. The van der Waals surface area contributed by atoms with E-state index < -0.39 is 0 Å². The number of aldehydes is 1. The first-order valence-electron chi connectivity index (χ1n) is 6.00. The average Bonchev–Trinajstić information content (AvgIpc) is 2.42. The second kappa shape index (κ2) is 5.45. The van der Waals surface area contributed by atoms with Crippen molar-refractivity contribution in [3.8, 4) is 0 Å². The van der Waals surface area contributed by atoms with E-state index >= 15 is 0 Å². The maximum absolute atomic E-state index is 10.7. The molecule has 92 valence electrons. The Labute approximate surface area is 107 Å². The van der Waals surface area contributed by atoms with Crippen molar-refractivity contribution >= 4 is 17.8 Å². The van der Waals surface area contributed by atoms with Crippen LogP contribution in [0.15, 0.2) is 42.6 Å². The summed E-state index contributed by atoms with van der Waals surface area (Å²) in [6.07, 6.45) is 2.43. The van der Waals surface area contributed by atoms with E-state index in [9.17, 15) is 4.79 Å². The number of hydrogen-bond donors (Lipinski definition) is 0. The van der Waals surface area contributed by atoms with E-state index in [2.05, 4.69) is 28.9 Å². The van der Waals surface area contributed by atoms with E-state index in [0.29, 0.717) is 5.56 Å². The van der Waals surface area contributed by atoms with E-state index in [1.54, 1.807) is 6.20 Å². The highest BCUT2D eigenvalue weighted by Crippen LogP contribution is 2.25. The van der Waals surface area contributed by atoms with Crippen molar-refractivity contribution in [3.05, 3.63) is 53.7 Å². The van der Waals surface area contributed by atoms with Gasteiger partial charge < -0.3 is 4.90 Å². The van der Waals surface area contributed by atoms with E-state index in [-0.39, 0.29) is 0 Å². The number of aromatic nitrogens is 1. The maximum Gasteiger partial charge on any atom is 0.151 e. The van der Waals surface area contributed by atoms with Gasteiger partial charge in [0.15, 0.2) is 6.29 Å². The quantitative estimate of drug-likeness (QED) is 0.768. The van der Waals surface area contributed by atoms with Gasteiger partial charge >= 0.3 is 0 Å². The Kier molecular flexibility index (Phi) is 3.72. The molecule has 0 aliphatic heterocycles. The molecule has 0 aliphatic carbocycles. The molecular formula is C15H16N2O. The number of pyridine rings is 1. The van der Waals surface area contributed by atoms with E-state index in [0.717, 1.165) is 29.9 Å². The van der Waals surface area contributed by atoms with Gasteiger partial charge in [0.05, 0.1) is 0 Å². The molecule has 0 bridgehead atoms. The fraction of sp³-hybridized carbons (Fsp3) is 0.200. The normalized spacial score (nSPS) is 10.1. The Morgan fingerprint density at radius 2 is 2.00 bits per heavy atom. The summed E-state index contributed by atoms with van der Waals surface area (Å²) >= 11 is 0. The molecule has 0 fully saturated rings. The number of benzene rings is 1. The van der Waals surface area contributed by atoms with Crippen LogP contribution in [0.4, 0.5) is 11.5 Å². The lowest BCUT2D eigenvalue weighted by molar-refractivity contribution is 0.112. The predicted octanol–water partition coefficient (Wildman–Crippen LogP) is 3.36. The molecule has 0 spiro atoms. The van der Waals surface area contributed by atoms with Crippen molar-refractivity contribution in [2.75, 3.05) is 11.4 Å². The van der Waals surface area contributed by atoms with E-state index in [1.165, 1.54) is 0 Å². The Balaban J connectivity index is 2.42. The number of rotatable bonds is 4. The first kappa shape index (κ1) is 12.3. The summed E-state index contributed by atoms with van der Waals surface area (Å²) in [6.45, 7) is 4.89. The van der Waals surface area contributed by atoms with Crippen LogP contribution in [0.25, 0.3) is 0 Å². The highest BCUT2D eigenvalue weighted by molar-refractivity contribution is 5.76. The monoisotopic (exact) mass is 240 g/mol. The van der Waals surface area contributed by atoms with Crippen LogP contribution >= 0.6 is 0 Å². The van der Waals surface area contributed by atoms with E-state index in [4.69, 9.17) is 0 Å². The summed E-state index contributed by atoms with van der Waals surface area (Å²) in [4.78, 5) is 17.2. The summed E-state index contributed by atoms with van der Waals surface area (Å²) < 4.78 is 0. The Hall–Kier alpha value is -2.16. The molecule has 0 saturated heterocycles. The van der Waals surface area contributed by atoms with Crippen molar-refractivity contribution in [2.24, 2.45) is 0 Å². The molecule has 3 heteroatoms. The zero-order valence-corrected chi connectivity index (χ0v) is 10.6. The minimum atomic E-state index is 0.611. The van der Waals surface area contributed by atoms with Gasteiger partial charge in [-0.25, -0.2) is 4.98 Å². The number of para-hydroxylation sites is 1. The van der Waals surface area contributed by atoms with Crippen LogP contribution in [0.5, 0.6) is 0 Å². The molecule has 1 aromatic carbocycles. The highest BCUT2D eigenvalue weighted by atomic mass is 16.1. The summed E-state index contributed by atoms with van der Waals surface area (Å²) in [7, 11) is 0. The highest BCUT2D eigenvalue weighted by Gasteiger charge is 2.11. The fourth-order valence-corrected chi connectivity index (χ4v) is 2.00. The molecular weight excluding hydrogens is 224 g/mol. The number of anilines is 2. The topological polar surface area (TPSA) is 33.2 Å². The van der Waals surface area contributed by atoms with Crippen LogP contribution in [-0.4, -0.2) is 17.8 Å². The molecule has 0 saturated carbocycles. The minimum Gasteiger partial charge on any atom is -0.326 e. The lowest BCUT2D eigenvalue weighted by Crippen LogP contribution is -2.18. The lowest BCUT2D eigenvalue weighted by atomic mass is 10.2. The van der Waals surface area contributed by atoms with Crippen molar-refractivity contribution in [1.29, 1.82) is 0 Å². The van der Waals surface area contributed by atoms with Crippen molar-refractivity contribution < 1.29 is 4.79 Å². The molecule has 3 nitrogen and oxygen atoms in total. The number of aryl methyl sites for hydroxylation is 1. The Morgan fingerprint density at radius 3 is 2.56 bits per heavy atom. The third kappa shape index (κ3) is 2.40. The van der Waals surface area contributed by atoms with Crippen molar-refractivity contribution in [3.63, 3.8) is 0 Å². The molecule has 18 heavy (non-hydrogen) atoms. The van der Waals surface area contributed by atoms with Gasteiger partial charge in [-0.2, -0.15) is 0 Å². The molecule has 0 atom stereocenters. The Morgan fingerprint density at radius 1 is 1.28 bits per heavy atom. The van der Waals surface area contributed by atoms with Crippen molar-refractivity contribution in [1.82, 2.24) is 4.98 Å². The smallest absolute Gasteiger partial charge is 0.151 e. The predicted molar refractivity (Wildman–Crippen MR) is 73.5 cm³/mol. The number of carbonyl (C=O) groups is 1. The second-order valence-electron chi connectivity index (χ2n) is 4.11. The van der Waals surface area contributed by atoms with Crippen LogP contribution in [0.1, 0.15) is 22.8 Å². The number of carbonyl (C=O) groups excluding carboxylic acids is 1. The van der Waals surface area contributed by atoms with Crippen molar-refractivity contribution in [2.45, 2.75) is 13.8 Å². The van der Waals surface area contributed by atoms with Crippen LogP contribution in [0.2, 0.25) is 0 Å². The molecule has 1 heterocycles. The summed E-state index contributed by atoms with van der Waals surface area (Å²) in [5.41, 5.74) is 2.72. The van der Waals surface area contributed by atoms with Crippen LogP contribution in [0.3, 0.4) is 0 Å². The molecule has 0 radical (unpaired) electrons. The SMILES string of the molecule is CCN(c1ccccc1)c1ncc(C=O)cc1C. The van der Waals surface area contributed by atoms with Crippen LogP contribution in [0, 0.1) is 6.92 Å². The zero-order chi connectivity index (χ0) is 13.0.